The summed E-state index contributed by atoms with van der Waals surface area (Å²) < 4.78 is 0. The van der Waals surface area contributed by atoms with Crippen molar-refractivity contribution in [3.05, 3.63) is 11.6 Å². The molecule has 0 aliphatic carbocycles. The summed E-state index contributed by atoms with van der Waals surface area (Å²) in [6.45, 7) is 10.1. The van der Waals surface area contributed by atoms with E-state index in [2.05, 4.69) is 13.8 Å². The van der Waals surface area contributed by atoms with Crippen LogP contribution in [0.25, 0.3) is 0 Å². The molecule has 0 unspecified atom stereocenters. The highest BCUT2D eigenvalue weighted by Gasteiger charge is 2.13. The second-order valence-electron chi connectivity index (χ2n) is 7.14. The third-order valence-corrected chi connectivity index (χ3v) is 4.57. The second kappa shape index (κ2) is 18.0. The number of hydrogen-bond acceptors (Lipinski definition) is 3. The molecule has 0 fully saturated rings. The molecule has 3 heteroatoms. The first kappa shape index (κ1) is 24.2. The quantitative estimate of drug-likeness (QED) is 0.163. The Labute approximate surface area is 157 Å². The van der Waals surface area contributed by atoms with Gasteiger partial charge in [-0.15, -0.1) is 5.06 Å². The van der Waals surface area contributed by atoms with Crippen LogP contribution in [0, 0.1) is 0 Å². The maximum Gasteiger partial charge on any atom is 0.352 e. The third kappa shape index (κ3) is 15.2. The van der Waals surface area contributed by atoms with E-state index in [0.29, 0.717) is 0 Å². The number of allylic oxidation sites excluding steroid dienone is 1. The first-order chi connectivity index (χ1) is 12.2. The van der Waals surface area contributed by atoms with Crippen molar-refractivity contribution in [3.63, 3.8) is 0 Å². The van der Waals surface area contributed by atoms with E-state index in [1.54, 1.807) is 0 Å². The van der Waals surface area contributed by atoms with E-state index >= 15 is 0 Å². The van der Waals surface area contributed by atoms with Gasteiger partial charge in [-0.25, -0.2) is 4.79 Å². The number of nitrogens with zero attached hydrogens (tertiary/aromatic N) is 1. The normalized spacial score (nSPS) is 12.0. The van der Waals surface area contributed by atoms with Crippen LogP contribution in [0.1, 0.15) is 111 Å². The number of hydroxylamine groups is 2. The standard InChI is InChI=1S/C22H43NO2/c1-5-8-10-12-14-16-19-23(20-17-15-13-11-9-6-2)25-22(24)21(4)18-7-3/h18H,5-17,19-20H2,1-4H3. The van der Waals surface area contributed by atoms with Crippen LogP contribution in [0.2, 0.25) is 0 Å². The van der Waals surface area contributed by atoms with E-state index in [4.69, 9.17) is 4.84 Å². The molecule has 0 aromatic carbocycles. The van der Waals surface area contributed by atoms with Crippen molar-refractivity contribution in [2.45, 2.75) is 111 Å². The fourth-order valence-corrected chi connectivity index (χ4v) is 2.92. The average Bonchev–Trinajstić information content (AvgIpc) is 2.60. The second-order valence-corrected chi connectivity index (χ2v) is 7.14. The van der Waals surface area contributed by atoms with Crippen LogP contribution in [0.4, 0.5) is 0 Å². The Kier molecular flexibility index (Phi) is 17.4. The molecule has 0 aromatic rings. The van der Waals surface area contributed by atoms with Crippen LogP contribution in [-0.2, 0) is 9.63 Å². The van der Waals surface area contributed by atoms with Crippen molar-refractivity contribution in [2.75, 3.05) is 13.1 Å². The van der Waals surface area contributed by atoms with Gasteiger partial charge in [0.15, 0.2) is 0 Å². The molecule has 0 radical (unpaired) electrons. The van der Waals surface area contributed by atoms with Crippen molar-refractivity contribution >= 4 is 5.97 Å². The lowest BCUT2D eigenvalue weighted by Gasteiger charge is -2.21. The van der Waals surface area contributed by atoms with Gasteiger partial charge < -0.3 is 4.84 Å². The lowest BCUT2D eigenvalue weighted by Crippen LogP contribution is -2.30. The Morgan fingerprint density at radius 2 is 1.20 bits per heavy atom. The molecule has 0 heterocycles. The lowest BCUT2D eigenvalue weighted by molar-refractivity contribution is -0.186. The van der Waals surface area contributed by atoms with Crippen molar-refractivity contribution in [1.29, 1.82) is 0 Å². The summed E-state index contributed by atoms with van der Waals surface area (Å²) >= 11 is 0. The molecular weight excluding hydrogens is 310 g/mol. The number of rotatable bonds is 17. The zero-order valence-corrected chi connectivity index (χ0v) is 17.4. The molecule has 0 bridgehead atoms. The lowest BCUT2D eigenvalue weighted by atomic mass is 10.1. The van der Waals surface area contributed by atoms with E-state index in [1.807, 2.05) is 25.0 Å². The van der Waals surface area contributed by atoms with Gasteiger partial charge in [0.1, 0.15) is 0 Å². The van der Waals surface area contributed by atoms with E-state index in [1.165, 1.54) is 64.2 Å². The summed E-state index contributed by atoms with van der Waals surface area (Å²) in [4.78, 5) is 17.8. The Morgan fingerprint density at radius 3 is 1.64 bits per heavy atom. The highest BCUT2D eigenvalue weighted by molar-refractivity contribution is 5.87. The van der Waals surface area contributed by atoms with Gasteiger partial charge in [0.25, 0.3) is 0 Å². The third-order valence-electron chi connectivity index (χ3n) is 4.57. The minimum Gasteiger partial charge on any atom is -0.364 e. The van der Waals surface area contributed by atoms with Crippen molar-refractivity contribution in [1.82, 2.24) is 5.06 Å². The Hall–Kier alpha value is -0.830. The van der Waals surface area contributed by atoms with Crippen LogP contribution >= 0.6 is 0 Å². The van der Waals surface area contributed by atoms with Crippen LogP contribution in [0.5, 0.6) is 0 Å². The monoisotopic (exact) mass is 353 g/mol. The largest absolute Gasteiger partial charge is 0.364 e. The molecule has 0 saturated carbocycles. The zero-order chi connectivity index (χ0) is 18.8. The number of unbranched alkanes of at least 4 members (excludes halogenated alkanes) is 10. The molecule has 0 aliphatic heterocycles. The predicted molar refractivity (Wildman–Crippen MR) is 108 cm³/mol. The summed E-state index contributed by atoms with van der Waals surface area (Å²) in [5, 5.41) is 1.91. The summed E-state index contributed by atoms with van der Waals surface area (Å²) in [7, 11) is 0. The maximum atomic E-state index is 12.2. The van der Waals surface area contributed by atoms with Gasteiger partial charge in [-0.3, -0.25) is 0 Å². The van der Waals surface area contributed by atoms with Gasteiger partial charge in [0.2, 0.25) is 0 Å². The minimum atomic E-state index is -0.182. The molecule has 0 aliphatic rings. The summed E-state index contributed by atoms with van der Waals surface area (Å²) in [5.74, 6) is -0.182. The molecule has 0 amide bonds. The molecule has 0 atom stereocenters. The van der Waals surface area contributed by atoms with Crippen molar-refractivity contribution < 1.29 is 9.63 Å². The zero-order valence-electron chi connectivity index (χ0n) is 17.4. The Balaban J connectivity index is 4.16. The fourth-order valence-electron chi connectivity index (χ4n) is 2.92. The van der Waals surface area contributed by atoms with E-state index in [9.17, 15) is 4.79 Å². The Morgan fingerprint density at radius 1 is 0.760 bits per heavy atom. The smallest absolute Gasteiger partial charge is 0.352 e. The topological polar surface area (TPSA) is 29.5 Å². The molecule has 3 nitrogen and oxygen atoms in total. The number of carbonyl (C=O) groups is 1. The van der Waals surface area contributed by atoms with E-state index in [0.717, 1.165) is 37.9 Å². The van der Waals surface area contributed by atoms with Gasteiger partial charge >= 0.3 is 5.97 Å². The summed E-state index contributed by atoms with van der Waals surface area (Å²) in [5.41, 5.74) is 0.721. The molecule has 0 aromatic heterocycles. The Bertz CT molecular complexity index is 323. The van der Waals surface area contributed by atoms with Crippen molar-refractivity contribution in [2.24, 2.45) is 0 Å². The van der Waals surface area contributed by atoms with Crippen molar-refractivity contribution in [3.8, 4) is 0 Å². The maximum absolute atomic E-state index is 12.2. The molecule has 0 rings (SSSR count). The average molecular weight is 354 g/mol. The fraction of sp³-hybridized carbons (Fsp3) is 0.864. The molecule has 0 N–H and O–H groups in total. The van der Waals surface area contributed by atoms with Gasteiger partial charge in [0.05, 0.1) is 0 Å². The van der Waals surface area contributed by atoms with Crippen LogP contribution < -0.4 is 0 Å². The molecule has 25 heavy (non-hydrogen) atoms. The molecule has 148 valence electrons. The number of hydrogen-bond donors (Lipinski definition) is 0. The van der Waals surface area contributed by atoms with Gasteiger partial charge in [0, 0.05) is 18.7 Å². The highest BCUT2D eigenvalue weighted by Crippen LogP contribution is 2.10. The first-order valence-corrected chi connectivity index (χ1v) is 10.8. The predicted octanol–water partition coefficient (Wildman–Crippen LogP) is 6.82. The first-order valence-electron chi connectivity index (χ1n) is 10.8. The summed E-state index contributed by atoms with van der Waals surface area (Å²) in [6.07, 6.45) is 18.0. The van der Waals surface area contributed by atoms with Gasteiger partial charge in [-0.1, -0.05) is 91.1 Å². The minimum absolute atomic E-state index is 0.182. The molecule has 0 saturated heterocycles. The van der Waals surface area contributed by atoms with E-state index in [-0.39, 0.29) is 5.97 Å². The number of carbonyl (C=O) groups excluding carboxylic acids is 1. The van der Waals surface area contributed by atoms with Crippen LogP contribution in [0.15, 0.2) is 11.6 Å². The van der Waals surface area contributed by atoms with Gasteiger partial charge in [-0.05, 0) is 26.2 Å². The van der Waals surface area contributed by atoms with E-state index < -0.39 is 0 Å². The summed E-state index contributed by atoms with van der Waals surface area (Å²) in [6, 6.07) is 0. The van der Waals surface area contributed by atoms with Gasteiger partial charge in [-0.2, -0.15) is 0 Å². The van der Waals surface area contributed by atoms with Crippen LogP contribution in [-0.4, -0.2) is 24.1 Å². The van der Waals surface area contributed by atoms with Crippen LogP contribution in [0.3, 0.4) is 0 Å². The SMILES string of the molecule is CCC=C(C)C(=O)ON(CCCCCCCC)CCCCCCCC. The highest BCUT2D eigenvalue weighted by atomic mass is 16.7. The molecule has 0 spiro atoms. The molecular formula is C22H43NO2.